The highest BCUT2D eigenvalue weighted by atomic mass is 79.9. The molecule has 5 aromatic rings. The summed E-state index contributed by atoms with van der Waals surface area (Å²) >= 11 is 23.9. The molecule has 57 heavy (non-hydrogen) atoms. The van der Waals surface area contributed by atoms with E-state index in [4.69, 9.17) is 39.9 Å². The summed E-state index contributed by atoms with van der Waals surface area (Å²) in [5, 5.41) is 10.8. The lowest BCUT2D eigenvalue weighted by molar-refractivity contribution is -0.136. The maximum atomic E-state index is 12.4. The van der Waals surface area contributed by atoms with E-state index in [0.29, 0.717) is 46.7 Å². The molecule has 12 nitrogen and oxygen atoms in total. The van der Waals surface area contributed by atoms with E-state index in [1.807, 2.05) is 60.7 Å². The fourth-order valence-electron chi connectivity index (χ4n) is 6.07. The van der Waals surface area contributed by atoms with Crippen LogP contribution >= 0.6 is 66.7 Å². The van der Waals surface area contributed by atoms with Gasteiger partial charge in [0.2, 0.25) is 5.91 Å². The van der Waals surface area contributed by atoms with Crippen LogP contribution in [-0.2, 0) is 44.7 Å². The molecule has 7 rings (SSSR count). The minimum Gasteiger partial charge on any atom is -0.396 e. The fraction of sp³-hybridized carbons (Fsp3) is 0.350. The van der Waals surface area contributed by atoms with E-state index >= 15 is 0 Å². The van der Waals surface area contributed by atoms with Crippen LogP contribution in [0, 0.1) is 5.92 Å². The number of nitrogens with zero attached hydrogens (tertiary/aromatic N) is 7. The number of carbonyl (C=O) groups is 2. The van der Waals surface area contributed by atoms with Gasteiger partial charge in [-0.2, -0.15) is 0 Å². The number of aliphatic hydroxyl groups excluding tert-OH is 1. The monoisotopic (exact) mass is 965 g/mol. The largest absolute Gasteiger partial charge is 0.396 e. The Balaban J connectivity index is 0.000000181. The number of hydrogen-bond acceptors (Lipinski definition) is 7. The summed E-state index contributed by atoms with van der Waals surface area (Å²) in [6.45, 7) is 2.93. The summed E-state index contributed by atoms with van der Waals surface area (Å²) in [7, 11) is 6.24. The summed E-state index contributed by atoms with van der Waals surface area (Å²) in [6, 6.07) is 22.8. The van der Waals surface area contributed by atoms with Crippen molar-refractivity contribution < 1.29 is 14.7 Å². The first-order chi connectivity index (χ1) is 27.1. The van der Waals surface area contributed by atoms with Gasteiger partial charge in [-0.15, -0.1) is 0 Å². The third-order valence-corrected chi connectivity index (χ3v) is 11.1. The van der Waals surface area contributed by atoms with E-state index < -0.39 is 5.69 Å². The highest BCUT2D eigenvalue weighted by Gasteiger charge is 2.46. The molecule has 2 atom stereocenters. The predicted molar refractivity (Wildman–Crippen MR) is 235 cm³/mol. The number of carbonyl (C=O) groups excluding carboxylic acids is 2. The first-order valence-electron chi connectivity index (χ1n) is 18.0. The molecule has 2 unspecified atom stereocenters. The molecule has 2 aliphatic rings. The number of urea groups is 1. The SMILES string of the molecule is CCCc1ccc(Cl)cc1.CN1C(=O)C2CC(Br)=NC2N(C)C1=O.Cn1c(=O)c2c(nc(Br)n2CCc2ccc(Cl)cc2)n(C)c1=O.OCCc1ccc(Cl)cc1. The topological polar surface area (TPSA) is 135 Å². The molecular formula is C40H44Br2Cl3N7O5. The number of aromatic nitrogens is 4. The molecule has 2 aromatic heterocycles. The predicted octanol–water partition coefficient (Wildman–Crippen LogP) is 7.91. The van der Waals surface area contributed by atoms with Crippen LogP contribution in [-0.4, -0.2) is 77.0 Å². The molecule has 3 amide bonds. The van der Waals surface area contributed by atoms with Crippen LogP contribution in [0.5, 0.6) is 0 Å². The molecule has 4 heterocycles. The molecule has 0 bridgehead atoms. The Hall–Kier alpha value is -3.79. The Morgan fingerprint density at radius 2 is 1.23 bits per heavy atom. The standard InChI is InChI=1S/C15H14BrClN4O2.C9H11Cl.C8H10BrN3O2.C8H9ClO/c1-19-12-11(13(22)20(2)15(19)23)21(14(16)18-12)8-7-9-3-5-10(17)6-4-9;1-2-3-8-4-6-9(10)7-5-8;1-11-6-4(3-5(9)10-6)7(13)12(2)8(11)14;9-8-3-1-7(2-4-8)5-6-10/h3-6H,7-8H2,1-2H3;4-7H,2-3H2,1H3;4,6H,3H2,1-2H3;1-4,10H,5-6H2. The van der Waals surface area contributed by atoms with Crippen LogP contribution < -0.4 is 11.2 Å². The summed E-state index contributed by atoms with van der Waals surface area (Å²) in [5.74, 6) is -0.353. The Labute approximate surface area is 362 Å². The highest BCUT2D eigenvalue weighted by molar-refractivity contribution is 9.18. The van der Waals surface area contributed by atoms with E-state index in [1.54, 1.807) is 18.7 Å². The van der Waals surface area contributed by atoms with Crippen molar-refractivity contribution in [1.29, 1.82) is 0 Å². The Morgan fingerprint density at radius 1 is 0.737 bits per heavy atom. The van der Waals surface area contributed by atoms with Crippen LogP contribution in [0.25, 0.3) is 11.2 Å². The number of rotatable bonds is 7. The Morgan fingerprint density at radius 3 is 1.72 bits per heavy atom. The van der Waals surface area contributed by atoms with Gasteiger partial charge in [0.25, 0.3) is 5.56 Å². The van der Waals surface area contributed by atoms with Gasteiger partial charge in [0.05, 0.1) is 10.5 Å². The maximum Gasteiger partial charge on any atom is 0.332 e. The zero-order valence-electron chi connectivity index (χ0n) is 32.1. The van der Waals surface area contributed by atoms with Gasteiger partial charge in [-0.1, -0.05) is 84.5 Å². The third kappa shape index (κ3) is 11.9. The number of aliphatic imine (C=N–C) groups is 1. The molecule has 1 saturated heterocycles. The van der Waals surface area contributed by atoms with Crippen LogP contribution in [0.15, 0.2) is 92.1 Å². The fourth-order valence-corrected chi connectivity index (χ4v) is 7.53. The van der Waals surface area contributed by atoms with E-state index in [0.717, 1.165) is 41.7 Å². The van der Waals surface area contributed by atoms with Gasteiger partial charge in [-0.25, -0.2) is 14.6 Å². The van der Waals surface area contributed by atoms with Crippen LogP contribution in [0.1, 0.15) is 36.5 Å². The minimum absolute atomic E-state index is 0.142. The molecule has 0 saturated carbocycles. The third-order valence-electron chi connectivity index (χ3n) is 9.26. The van der Waals surface area contributed by atoms with Gasteiger partial charge >= 0.3 is 11.7 Å². The second-order valence-corrected chi connectivity index (χ2v) is 16.2. The average Bonchev–Trinajstić information content (AvgIpc) is 3.76. The van der Waals surface area contributed by atoms with Crippen molar-refractivity contribution >= 4 is 94.4 Å². The number of aryl methyl sites for hydroxylation is 4. The van der Waals surface area contributed by atoms with Gasteiger partial charge < -0.3 is 14.6 Å². The smallest absolute Gasteiger partial charge is 0.332 e. The van der Waals surface area contributed by atoms with Crippen molar-refractivity contribution in [2.75, 3.05) is 20.7 Å². The Bertz CT molecular complexity index is 2270. The first kappa shape index (κ1) is 45.9. The van der Waals surface area contributed by atoms with Crippen LogP contribution in [0.3, 0.4) is 0 Å². The van der Waals surface area contributed by atoms with Gasteiger partial charge in [0.15, 0.2) is 15.9 Å². The molecule has 17 heteroatoms. The van der Waals surface area contributed by atoms with E-state index in [9.17, 15) is 19.2 Å². The second-order valence-electron chi connectivity index (χ2n) is 13.3. The summed E-state index contributed by atoms with van der Waals surface area (Å²) in [4.78, 5) is 58.8. The summed E-state index contributed by atoms with van der Waals surface area (Å²) in [5.41, 5.74) is 3.63. The van der Waals surface area contributed by atoms with Crippen molar-refractivity contribution in [1.82, 2.24) is 28.5 Å². The van der Waals surface area contributed by atoms with Crippen molar-refractivity contribution in [3.05, 3.63) is 130 Å². The second kappa shape index (κ2) is 21.3. The Kier molecular flexibility index (Phi) is 17.1. The van der Waals surface area contributed by atoms with Gasteiger partial charge in [-0.05, 0) is 104 Å². The average molecular weight is 969 g/mol. The number of benzene rings is 3. The summed E-state index contributed by atoms with van der Waals surface area (Å²) < 4.78 is 5.54. The maximum absolute atomic E-state index is 12.4. The zero-order valence-corrected chi connectivity index (χ0v) is 37.6. The zero-order chi connectivity index (χ0) is 42.0. The summed E-state index contributed by atoms with van der Waals surface area (Å²) in [6.07, 6.45) is 4.04. The molecular weight excluding hydrogens is 925 g/mol. The normalized spacial score (nSPS) is 15.9. The molecule has 1 N–H and O–H groups in total. The molecule has 0 spiro atoms. The number of imidazole rings is 1. The van der Waals surface area contributed by atoms with Gasteiger partial charge in [-0.3, -0.25) is 28.6 Å². The van der Waals surface area contributed by atoms with Crippen LogP contribution in [0.2, 0.25) is 15.1 Å². The van der Waals surface area contributed by atoms with E-state index in [2.05, 4.69) is 60.9 Å². The molecule has 2 aliphatic heterocycles. The molecule has 0 radical (unpaired) electrons. The number of amides is 3. The van der Waals surface area contributed by atoms with Crippen molar-refractivity contribution in [2.24, 2.45) is 25.0 Å². The number of halogens is 5. The minimum atomic E-state index is -0.391. The first-order valence-corrected chi connectivity index (χ1v) is 20.7. The van der Waals surface area contributed by atoms with Gasteiger partial charge in [0.1, 0.15) is 6.17 Å². The molecule has 3 aromatic carbocycles. The van der Waals surface area contributed by atoms with E-state index in [-0.39, 0.29) is 36.2 Å². The quantitative estimate of drug-likeness (QED) is 0.165. The van der Waals surface area contributed by atoms with Crippen molar-refractivity contribution in [2.45, 2.75) is 51.7 Å². The number of aliphatic hydroxyl groups is 1. The van der Waals surface area contributed by atoms with Crippen LogP contribution in [0.4, 0.5) is 4.79 Å². The lowest BCUT2D eigenvalue weighted by atomic mass is 10.0. The van der Waals surface area contributed by atoms with Crippen molar-refractivity contribution in [3.63, 3.8) is 0 Å². The van der Waals surface area contributed by atoms with E-state index in [1.165, 1.54) is 35.5 Å². The number of hydrogen-bond donors (Lipinski definition) is 1. The molecule has 1 fully saturated rings. The highest BCUT2D eigenvalue weighted by Crippen LogP contribution is 2.31. The molecule has 304 valence electrons. The lowest BCUT2D eigenvalue weighted by Crippen LogP contribution is -2.57. The lowest BCUT2D eigenvalue weighted by Gasteiger charge is -2.36. The van der Waals surface area contributed by atoms with Crippen molar-refractivity contribution in [3.8, 4) is 0 Å². The molecule has 0 aliphatic carbocycles. The number of imide groups is 1. The van der Waals surface area contributed by atoms with Gasteiger partial charge in [0, 0.05) is 62.8 Å². The number of fused-ring (bicyclic) bond motifs is 2.